The Bertz CT molecular complexity index is 606. The molecule has 0 N–H and O–H groups in total. The number of hydrogen-bond acceptors (Lipinski definition) is 4. The van der Waals surface area contributed by atoms with Crippen LogP contribution in [0.1, 0.15) is 55.2 Å². The molecule has 0 atom stereocenters. The van der Waals surface area contributed by atoms with Crippen molar-refractivity contribution < 1.29 is 14.3 Å². The van der Waals surface area contributed by atoms with Gasteiger partial charge in [-0.1, -0.05) is 12.8 Å². The molecule has 2 heterocycles. The molecule has 22 heavy (non-hydrogen) atoms. The van der Waals surface area contributed by atoms with Crippen LogP contribution in [0.3, 0.4) is 0 Å². The number of isocyanates is 1. The van der Waals surface area contributed by atoms with Crippen LogP contribution in [0.5, 0.6) is 11.5 Å². The first-order valence-corrected chi connectivity index (χ1v) is 8.38. The van der Waals surface area contributed by atoms with Crippen molar-refractivity contribution in [3.63, 3.8) is 0 Å². The maximum absolute atomic E-state index is 11.1. The third kappa shape index (κ3) is 2.05. The van der Waals surface area contributed by atoms with Crippen molar-refractivity contribution in [2.75, 3.05) is 13.2 Å². The monoisotopic (exact) mass is 299 g/mol. The molecule has 0 unspecified atom stereocenters. The third-order valence-corrected chi connectivity index (χ3v) is 5.24. The van der Waals surface area contributed by atoms with Crippen molar-refractivity contribution in [1.82, 2.24) is 0 Å². The van der Waals surface area contributed by atoms with E-state index in [0.717, 1.165) is 81.6 Å². The smallest absolute Gasteiger partial charge is 0.235 e. The minimum absolute atomic E-state index is 0.435. The minimum Gasteiger partial charge on any atom is -0.493 e. The number of aliphatic imine (C=N–C) groups is 1. The summed E-state index contributed by atoms with van der Waals surface area (Å²) in [7, 11) is 0. The van der Waals surface area contributed by atoms with Crippen LogP contribution in [0.25, 0.3) is 0 Å². The van der Waals surface area contributed by atoms with E-state index in [4.69, 9.17) is 9.47 Å². The van der Waals surface area contributed by atoms with Gasteiger partial charge in [0.15, 0.2) is 0 Å². The quantitative estimate of drug-likeness (QED) is 0.621. The van der Waals surface area contributed by atoms with E-state index in [1.165, 1.54) is 11.1 Å². The van der Waals surface area contributed by atoms with E-state index < -0.39 is 5.54 Å². The van der Waals surface area contributed by atoms with E-state index in [2.05, 4.69) is 11.1 Å². The fraction of sp³-hybridized carbons (Fsp3) is 0.611. The van der Waals surface area contributed by atoms with Gasteiger partial charge in [0.1, 0.15) is 17.0 Å². The van der Waals surface area contributed by atoms with Gasteiger partial charge >= 0.3 is 0 Å². The van der Waals surface area contributed by atoms with Gasteiger partial charge in [-0.05, 0) is 50.2 Å². The Hall–Kier alpha value is -1.80. The van der Waals surface area contributed by atoms with Crippen molar-refractivity contribution >= 4 is 6.08 Å². The maximum atomic E-state index is 11.1. The number of carbonyl (C=O) groups excluding carboxylic acids is 1. The molecule has 2 aliphatic heterocycles. The molecular weight excluding hydrogens is 278 g/mol. The second-order valence-corrected chi connectivity index (χ2v) is 6.56. The van der Waals surface area contributed by atoms with Crippen molar-refractivity contribution in [2.24, 2.45) is 4.99 Å². The molecule has 0 saturated heterocycles. The highest BCUT2D eigenvalue weighted by Gasteiger charge is 2.42. The Morgan fingerprint density at radius 3 is 2.64 bits per heavy atom. The number of ether oxygens (including phenoxy) is 2. The first-order valence-electron chi connectivity index (χ1n) is 8.38. The number of aryl methyl sites for hydroxylation is 1. The lowest BCUT2D eigenvalue weighted by Gasteiger charge is -2.34. The van der Waals surface area contributed by atoms with Gasteiger partial charge in [-0.3, -0.25) is 0 Å². The standard InChI is InChI=1S/C18H21NO3/c20-12-19-18(7-1-2-8-18)16-14-6-4-9-21-15(14)11-13-5-3-10-22-17(13)16/h11H,1-10H2. The van der Waals surface area contributed by atoms with Gasteiger partial charge in [0.2, 0.25) is 6.08 Å². The normalized spacial score (nSPS) is 21.8. The van der Waals surface area contributed by atoms with Crippen molar-refractivity contribution in [2.45, 2.75) is 56.9 Å². The average Bonchev–Trinajstić information content (AvgIpc) is 3.02. The van der Waals surface area contributed by atoms with Crippen LogP contribution in [0.2, 0.25) is 0 Å². The SMILES string of the molecule is O=C=NC1(c2c3c(cc4c2OCCC4)OCCC3)CCCC1. The van der Waals surface area contributed by atoms with E-state index in [0.29, 0.717) is 0 Å². The molecule has 0 bridgehead atoms. The van der Waals surface area contributed by atoms with Gasteiger partial charge < -0.3 is 9.47 Å². The molecule has 1 saturated carbocycles. The summed E-state index contributed by atoms with van der Waals surface area (Å²) in [5.41, 5.74) is 3.14. The van der Waals surface area contributed by atoms with Crippen molar-refractivity contribution in [1.29, 1.82) is 0 Å². The first kappa shape index (κ1) is 13.8. The third-order valence-electron chi connectivity index (χ3n) is 5.24. The fourth-order valence-electron chi connectivity index (χ4n) is 4.28. The Balaban J connectivity index is 1.98. The number of benzene rings is 1. The summed E-state index contributed by atoms with van der Waals surface area (Å²) in [6.07, 6.45) is 9.91. The Morgan fingerprint density at radius 1 is 1.05 bits per heavy atom. The van der Waals surface area contributed by atoms with Gasteiger partial charge in [0.05, 0.1) is 13.2 Å². The number of fused-ring (bicyclic) bond motifs is 2. The summed E-state index contributed by atoms with van der Waals surface area (Å²) in [6.45, 7) is 1.52. The zero-order valence-corrected chi connectivity index (χ0v) is 12.8. The second-order valence-electron chi connectivity index (χ2n) is 6.56. The van der Waals surface area contributed by atoms with Crippen molar-refractivity contribution in [3.8, 4) is 11.5 Å². The van der Waals surface area contributed by atoms with Crippen LogP contribution in [-0.4, -0.2) is 19.3 Å². The number of hydrogen-bond donors (Lipinski definition) is 0. The highest BCUT2D eigenvalue weighted by atomic mass is 16.5. The number of rotatable bonds is 2. The predicted molar refractivity (Wildman–Crippen MR) is 82.3 cm³/mol. The summed E-state index contributed by atoms with van der Waals surface area (Å²) in [5, 5.41) is 0. The molecule has 4 heteroatoms. The highest BCUT2D eigenvalue weighted by Crippen LogP contribution is 2.52. The molecule has 0 amide bonds. The van der Waals surface area contributed by atoms with Gasteiger partial charge in [-0.2, -0.15) is 4.99 Å². The van der Waals surface area contributed by atoms with Gasteiger partial charge in [-0.25, -0.2) is 4.79 Å². The topological polar surface area (TPSA) is 47.9 Å². The largest absolute Gasteiger partial charge is 0.493 e. The van der Waals surface area contributed by atoms with Crippen LogP contribution in [-0.2, 0) is 23.2 Å². The highest BCUT2D eigenvalue weighted by molar-refractivity contribution is 5.59. The maximum Gasteiger partial charge on any atom is 0.235 e. The van der Waals surface area contributed by atoms with E-state index in [9.17, 15) is 4.79 Å². The van der Waals surface area contributed by atoms with Crippen molar-refractivity contribution in [3.05, 3.63) is 22.8 Å². The van der Waals surface area contributed by atoms with Gasteiger partial charge in [-0.15, -0.1) is 0 Å². The molecule has 116 valence electrons. The minimum atomic E-state index is -0.435. The molecule has 1 aromatic carbocycles. The Kier molecular flexibility index (Phi) is 3.42. The fourth-order valence-corrected chi connectivity index (χ4v) is 4.28. The molecule has 0 spiro atoms. The Labute approximate surface area is 130 Å². The van der Waals surface area contributed by atoms with Crippen LogP contribution >= 0.6 is 0 Å². The van der Waals surface area contributed by atoms with E-state index >= 15 is 0 Å². The zero-order chi connectivity index (χ0) is 15.0. The van der Waals surface area contributed by atoms with Crippen LogP contribution in [0, 0.1) is 0 Å². The molecule has 4 nitrogen and oxygen atoms in total. The number of nitrogens with zero attached hydrogens (tertiary/aromatic N) is 1. The summed E-state index contributed by atoms with van der Waals surface area (Å²) in [5.74, 6) is 1.97. The summed E-state index contributed by atoms with van der Waals surface area (Å²) >= 11 is 0. The summed E-state index contributed by atoms with van der Waals surface area (Å²) < 4.78 is 12.0. The van der Waals surface area contributed by atoms with Crippen LogP contribution in [0.15, 0.2) is 11.1 Å². The van der Waals surface area contributed by atoms with Crippen LogP contribution in [0.4, 0.5) is 0 Å². The molecule has 0 aromatic heterocycles. The van der Waals surface area contributed by atoms with Gasteiger partial charge in [0.25, 0.3) is 0 Å². The molecule has 3 aliphatic rings. The second kappa shape index (κ2) is 5.44. The molecule has 0 radical (unpaired) electrons. The lowest BCUT2D eigenvalue weighted by atomic mass is 9.80. The average molecular weight is 299 g/mol. The molecule has 4 rings (SSSR count). The molecular formula is C18H21NO3. The van der Waals surface area contributed by atoms with E-state index in [-0.39, 0.29) is 0 Å². The molecule has 1 aromatic rings. The Morgan fingerprint density at radius 2 is 1.82 bits per heavy atom. The first-order chi connectivity index (χ1) is 10.8. The molecule has 1 aliphatic carbocycles. The van der Waals surface area contributed by atoms with Crippen LogP contribution < -0.4 is 9.47 Å². The summed E-state index contributed by atoms with van der Waals surface area (Å²) in [4.78, 5) is 15.4. The van der Waals surface area contributed by atoms with Gasteiger partial charge in [0, 0.05) is 11.1 Å². The summed E-state index contributed by atoms with van der Waals surface area (Å²) in [6, 6.07) is 2.15. The van der Waals surface area contributed by atoms with E-state index in [1.807, 2.05) is 6.08 Å². The van der Waals surface area contributed by atoms with E-state index in [1.54, 1.807) is 0 Å². The zero-order valence-electron chi connectivity index (χ0n) is 12.8. The predicted octanol–water partition coefficient (Wildman–Crippen LogP) is 3.44. The molecule has 1 fully saturated rings. The lowest BCUT2D eigenvalue weighted by molar-refractivity contribution is 0.260. The lowest BCUT2D eigenvalue weighted by Crippen LogP contribution is -2.26.